The molecule has 0 fully saturated rings. The Morgan fingerprint density at radius 3 is 2.11 bits per heavy atom. The van der Waals surface area contributed by atoms with Crippen molar-refractivity contribution in [2.75, 3.05) is 0 Å². The summed E-state index contributed by atoms with van der Waals surface area (Å²) in [5, 5.41) is 18.2. The van der Waals surface area contributed by atoms with Crippen molar-refractivity contribution >= 4 is 11.9 Å². The van der Waals surface area contributed by atoms with Crippen molar-refractivity contribution in [3.63, 3.8) is 0 Å². The first-order valence-electron chi connectivity index (χ1n) is 5.75. The fourth-order valence-corrected chi connectivity index (χ4v) is 1.72. The van der Waals surface area contributed by atoms with Crippen molar-refractivity contribution in [1.82, 2.24) is 0 Å². The second-order valence-corrected chi connectivity index (χ2v) is 5.42. The minimum atomic E-state index is -1.09. The molecule has 0 aliphatic heterocycles. The van der Waals surface area contributed by atoms with Gasteiger partial charge in [-0.15, -0.1) is 0 Å². The van der Waals surface area contributed by atoms with Gasteiger partial charge in [-0.3, -0.25) is 4.79 Å². The maximum Gasteiger partial charge on any atom is 0.335 e. The lowest BCUT2D eigenvalue weighted by Crippen LogP contribution is -2.16. The molecule has 0 saturated carbocycles. The van der Waals surface area contributed by atoms with Gasteiger partial charge in [0.15, 0.2) is 0 Å². The molecule has 0 bridgehead atoms. The molecule has 0 aliphatic rings. The van der Waals surface area contributed by atoms with E-state index in [1.165, 1.54) is 6.92 Å². The maximum absolute atomic E-state index is 11.2. The van der Waals surface area contributed by atoms with Crippen molar-refractivity contribution in [2.45, 2.75) is 39.0 Å². The quantitative estimate of drug-likeness (QED) is 0.865. The van der Waals surface area contributed by atoms with Crippen LogP contribution >= 0.6 is 0 Å². The highest BCUT2D eigenvalue weighted by Gasteiger charge is 2.23. The Balaban J connectivity index is 3.39. The summed E-state index contributed by atoms with van der Waals surface area (Å²) >= 11 is 0. The Morgan fingerprint density at radius 2 is 1.72 bits per heavy atom. The summed E-state index contributed by atoms with van der Waals surface area (Å²) in [6.45, 7) is 7.43. The molecule has 1 unspecified atom stereocenters. The molecule has 1 atom stereocenters. The standard InChI is InChI=1S/C14H18O4/c1-8(12(15)16)10-6-5-9(14(2,3)4)7-11(10)13(17)18/h5-8H,1-4H3,(H,15,16)(H,17,18). The summed E-state index contributed by atoms with van der Waals surface area (Å²) in [4.78, 5) is 22.2. The minimum Gasteiger partial charge on any atom is -0.481 e. The molecule has 0 amide bonds. The number of hydrogen-bond donors (Lipinski definition) is 2. The van der Waals surface area contributed by atoms with E-state index in [2.05, 4.69) is 0 Å². The van der Waals surface area contributed by atoms with Crippen molar-refractivity contribution in [3.8, 4) is 0 Å². The molecular formula is C14H18O4. The van der Waals surface area contributed by atoms with E-state index in [-0.39, 0.29) is 11.0 Å². The van der Waals surface area contributed by atoms with Gasteiger partial charge in [0.1, 0.15) is 0 Å². The van der Waals surface area contributed by atoms with Crippen molar-refractivity contribution in [1.29, 1.82) is 0 Å². The van der Waals surface area contributed by atoms with Gasteiger partial charge in [-0.05, 0) is 29.5 Å². The normalized spacial score (nSPS) is 13.1. The zero-order valence-corrected chi connectivity index (χ0v) is 11.0. The number of benzene rings is 1. The predicted octanol–water partition coefficient (Wildman–Crippen LogP) is 2.87. The minimum absolute atomic E-state index is 0.0670. The molecule has 4 nitrogen and oxygen atoms in total. The van der Waals surface area contributed by atoms with E-state index in [0.29, 0.717) is 5.56 Å². The number of rotatable bonds is 3. The summed E-state index contributed by atoms with van der Waals surface area (Å²) in [6, 6.07) is 4.96. The van der Waals surface area contributed by atoms with E-state index < -0.39 is 17.9 Å². The van der Waals surface area contributed by atoms with Gasteiger partial charge in [-0.1, -0.05) is 32.9 Å². The van der Waals surface area contributed by atoms with E-state index in [1.807, 2.05) is 20.8 Å². The van der Waals surface area contributed by atoms with Crippen LogP contribution in [0.15, 0.2) is 18.2 Å². The molecule has 0 aromatic heterocycles. The number of hydrogen-bond acceptors (Lipinski definition) is 2. The van der Waals surface area contributed by atoms with Crippen LogP contribution in [0.25, 0.3) is 0 Å². The van der Waals surface area contributed by atoms with E-state index in [1.54, 1.807) is 18.2 Å². The first-order chi connectivity index (χ1) is 8.14. The van der Waals surface area contributed by atoms with Gasteiger partial charge >= 0.3 is 11.9 Å². The molecule has 4 heteroatoms. The van der Waals surface area contributed by atoms with Crippen LogP contribution in [0.4, 0.5) is 0 Å². The van der Waals surface area contributed by atoms with Gasteiger partial charge in [0.2, 0.25) is 0 Å². The highest BCUT2D eigenvalue weighted by atomic mass is 16.4. The topological polar surface area (TPSA) is 74.6 Å². The lowest BCUT2D eigenvalue weighted by molar-refractivity contribution is -0.138. The lowest BCUT2D eigenvalue weighted by Gasteiger charge is -2.21. The molecule has 0 spiro atoms. The molecule has 1 aromatic rings. The first kappa shape index (κ1) is 14.2. The van der Waals surface area contributed by atoms with Crippen LogP contribution in [0.3, 0.4) is 0 Å². The molecule has 98 valence electrons. The average molecular weight is 250 g/mol. The van der Waals surface area contributed by atoms with Gasteiger partial charge in [0.05, 0.1) is 11.5 Å². The second-order valence-electron chi connectivity index (χ2n) is 5.42. The van der Waals surface area contributed by atoms with Crippen LogP contribution in [0.1, 0.15) is 55.1 Å². The molecule has 2 N–H and O–H groups in total. The lowest BCUT2D eigenvalue weighted by atomic mass is 9.83. The zero-order chi connectivity index (χ0) is 14.1. The fraction of sp³-hybridized carbons (Fsp3) is 0.429. The Kier molecular flexibility index (Phi) is 3.79. The van der Waals surface area contributed by atoms with Gasteiger partial charge < -0.3 is 10.2 Å². The number of carbonyl (C=O) groups is 2. The van der Waals surface area contributed by atoms with Gasteiger partial charge in [-0.25, -0.2) is 4.79 Å². The van der Waals surface area contributed by atoms with Gasteiger partial charge in [0, 0.05) is 0 Å². The first-order valence-corrected chi connectivity index (χ1v) is 5.75. The number of aliphatic carboxylic acids is 1. The Labute approximate surface area is 106 Å². The van der Waals surface area contributed by atoms with Crippen LogP contribution in [-0.4, -0.2) is 22.2 Å². The fourth-order valence-electron chi connectivity index (χ4n) is 1.72. The van der Waals surface area contributed by atoms with Crippen molar-refractivity contribution in [2.24, 2.45) is 0 Å². The zero-order valence-electron chi connectivity index (χ0n) is 11.0. The van der Waals surface area contributed by atoms with E-state index >= 15 is 0 Å². The van der Waals surface area contributed by atoms with Crippen LogP contribution in [0, 0.1) is 0 Å². The summed E-state index contributed by atoms with van der Waals surface area (Å²) in [6.07, 6.45) is 0. The van der Waals surface area contributed by atoms with Crippen molar-refractivity contribution < 1.29 is 19.8 Å². The SMILES string of the molecule is CC(C(=O)O)c1ccc(C(C)(C)C)cc1C(=O)O. The molecule has 18 heavy (non-hydrogen) atoms. The second kappa shape index (κ2) is 4.80. The Bertz CT molecular complexity index is 483. The van der Waals surface area contributed by atoms with Crippen LogP contribution in [0.5, 0.6) is 0 Å². The van der Waals surface area contributed by atoms with Crippen LogP contribution < -0.4 is 0 Å². The molecule has 0 heterocycles. The molecule has 0 saturated heterocycles. The number of carboxylic acid groups (broad SMARTS) is 2. The summed E-state index contributed by atoms with van der Waals surface area (Å²) < 4.78 is 0. The predicted molar refractivity (Wildman–Crippen MR) is 68.2 cm³/mol. The summed E-state index contributed by atoms with van der Waals surface area (Å²) in [5.41, 5.74) is 1.11. The molecule has 0 aliphatic carbocycles. The highest BCUT2D eigenvalue weighted by Crippen LogP contribution is 2.28. The third-order valence-electron chi connectivity index (χ3n) is 2.99. The molecule has 1 rings (SSSR count). The van der Waals surface area contributed by atoms with Gasteiger partial charge in [-0.2, -0.15) is 0 Å². The largest absolute Gasteiger partial charge is 0.481 e. The Morgan fingerprint density at radius 1 is 1.17 bits per heavy atom. The molecular weight excluding hydrogens is 232 g/mol. The third kappa shape index (κ3) is 2.88. The smallest absolute Gasteiger partial charge is 0.335 e. The number of aromatic carboxylic acids is 1. The van der Waals surface area contributed by atoms with E-state index in [0.717, 1.165) is 5.56 Å². The van der Waals surface area contributed by atoms with E-state index in [4.69, 9.17) is 5.11 Å². The monoisotopic (exact) mass is 250 g/mol. The van der Waals surface area contributed by atoms with Crippen molar-refractivity contribution in [3.05, 3.63) is 34.9 Å². The van der Waals surface area contributed by atoms with Crippen LogP contribution in [0.2, 0.25) is 0 Å². The van der Waals surface area contributed by atoms with Crippen LogP contribution in [-0.2, 0) is 10.2 Å². The highest BCUT2D eigenvalue weighted by molar-refractivity contribution is 5.92. The summed E-state index contributed by atoms with van der Waals surface area (Å²) in [5.74, 6) is -2.95. The maximum atomic E-state index is 11.2. The average Bonchev–Trinajstić information content (AvgIpc) is 2.25. The third-order valence-corrected chi connectivity index (χ3v) is 2.99. The number of carboxylic acids is 2. The summed E-state index contributed by atoms with van der Waals surface area (Å²) in [7, 11) is 0. The molecule has 1 aromatic carbocycles. The Hall–Kier alpha value is -1.84. The van der Waals surface area contributed by atoms with Gasteiger partial charge in [0.25, 0.3) is 0 Å². The molecule has 0 radical (unpaired) electrons. The van der Waals surface area contributed by atoms with E-state index in [9.17, 15) is 14.7 Å².